The van der Waals surface area contributed by atoms with Crippen LogP contribution in [0.1, 0.15) is 38.5 Å². The minimum Gasteiger partial charge on any atom is -0.381 e. The van der Waals surface area contributed by atoms with E-state index < -0.39 is 15.8 Å². The van der Waals surface area contributed by atoms with E-state index in [0.29, 0.717) is 31.8 Å². The van der Waals surface area contributed by atoms with Gasteiger partial charge in [0, 0.05) is 32.9 Å². The first-order chi connectivity index (χ1) is 13.0. The molecule has 1 spiro atoms. The smallest absolute Gasteiger partial charge is 0.245 e. The molecule has 1 saturated carbocycles. The normalized spacial score (nSPS) is 25.9. The largest absolute Gasteiger partial charge is 0.381 e. The molecular formula is C20H28FNO4S. The van der Waals surface area contributed by atoms with Gasteiger partial charge in [-0.3, -0.25) is 0 Å². The summed E-state index contributed by atoms with van der Waals surface area (Å²) in [4.78, 5) is -0.238. The van der Waals surface area contributed by atoms with Crippen LogP contribution >= 0.6 is 0 Å². The molecule has 7 heteroatoms. The van der Waals surface area contributed by atoms with Gasteiger partial charge in [0.2, 0.25) is 10.0 Å². The first kappa shape index (κ1) is 19.3. The van der Waals surface area contributed by atoms with Crippen molar-refractivity contribution in [1.29, 1.82) is 0 Å². The molecule has 1 aromatic carbocycles. The second kappa shape index (κ2) is 7.78. The molecule has 5 nitrogen and oxygen atoms in total. The van der Waals surface area contributed by atoms with E-state index in [0.717, 1.165) is 38.6 Å². The SMILES string of the molecule is O=S(=O)(c1ccccc1F)N1CCC2(CC1)OCC[C@H]2CCOCC1CC1. The molecule has 1 aromatic rings. The van der Waals surface area contributed by atoms with Crippen LogP contribution < -0.4 is 0 Å². The number of benzene rings is 1. The molecule has 150 valence electrons. The van der Waals surface area contributed by atoms with E-state index in [4.69, 9.17) is 9.47 Å². The Balaban J connectivity index is 1.36. The summed E-state index contributed by atoms with van der Waals surface area (Å²) in [5, 5.41) is 0. The Hall–Kier alpha value is -1.02. The van der Waals surface area contributed by atoms with E-state index in [1.807, 2.05) is 0 Å². The second-order valence-electron chi connectivity index (χ2n) is 8.04. The Labute approximate surface area is 160 Å². The summed E-state index contributed by atoms with van der Waals surface area (Å²) >= 11 is 0. The van der Waals surface area contributed by atoms with Crippen LogP contribution in [0.5, 0.6) is 0 Å². The van der Waals surface area contributed by atoms with Crippen LogP contribution in [0.4, 0.5) is 4.39 Å². The maximum Gasteiger partial charge on any atom is 0.245 e. The third kappa shape index (κ3) is 4.06. The standard InChI is InChI=1S/C20H28FNO4S/c21-18-3-1-2-4-19(18)27(23,24)22-11-9-20(10-12-22)17(8-14-26-20)7-13-25-15-16-5-6-16/h1-4,16-17H,5-15H2/t17-/m1/s1. The molecule has 4 rings (SSSR count). The molecule has 27 heavy (non-hydrogen) atoms. The van der Waals surface area contributed by atoms with Gasteiger partial charge in [0.1, 0.15) is 10.7 Å². The van der Waals surface area contributed by atoms with Gasteiger partial charge in [0.15, 0.2) is 0 Å². The van der Waals surface area contributed by atoms with Gasteiger partial charge in [0.05, 0.1) is 5.60 Å². The molecular weight excluding hydrogens is 369 g/mol. The summed E-state index contributed by atoms with van der Waals surface area (Å²) in [7, 11) is -3.80. The first-order valence-electron chi connectivity index (χ1n) is 9.98. The van der Waals surface area contributed by atoms with E-state index in [1.165, 1.54) is 35.3 Å². The topological polar surface area (TPSA) is 55.8 Å². The van der Waals surface area contributed by atoms with Crippen molar-refractivity contribution >= 4 is 10.0 Å². The number of sulfonamides is 1. The maximum absolute atomic E-state index is 14.0. The molecule has 2 heterocycles. The molecule has 1 aliphatic carbocycles. The number of ether oxygens (including phenoxy) is 2. The number of piperidine rings is 1. The molecule has 2 aliphatic heterocycles. The average Bonchev–Trinajstić information content (AvgIpc) is 3.41. The lowest BCUT2D eigenvalue weighted by Gasteiger charge is -2.41. The van der Waals surface area contributed by atoms with E-state index in [-0.39, 0.29) is 10.5 Å². The van der Waals surface area contributed by atoms with Gasteiger partial charge in [-0.2, -0.15) is 4.31 Å². The Morgan fingerprint density at radius 2 is 1.93 bits per heavy atom. The van der Waals surface area contributed by atoms with Crippen LogP contribution in [0.2, 0.25) is 0 Å². The summed E-state index contributed by atoms with van der Waals surface area (Å²) in [6.07, 6.45) is 5.88. The highest BCUT2D eigenvalue weighted by molar-refractivity contribution is 7.89. The predicted octanol–water partition coefficient (Wildman–Crippen LogP) is 3.20. The lowest BCUT2D eigenvalue weighted by atomic mass is 9.78. The summed E-state index contributed by atoms with van der Waals surface area (Å²) in [6, 6.07) is 5.58. The third-order valence-corrected chi connectivity index (χ3v) is 8.22. The Kier molecular flexibility index (Phi) is 5.56. The molecule has 0 radical (unpaired) electrons. The minimum atomic E-state index is -3.80. The third-order valence-electron chi connectivity index (χ3n) is 6.28. The van der Waals surface area contributed by atoms with Crippen LogP contribution in [-0.2, 0) is 19.5 Å². The van der Waals surface area contributed by atoms with Gasteiger partial charge in [-0.05, 0) is 62.5 Å². The van der Waals surface area contributed by atoms with Crippen molar-refractivity contribution in [3.8, 4) is 0 Å². The van der Waals surface area contributed by atoms with E-state index in [1.54, 1.807) is 6.07 Å². The van der Waals surface area contributed by atoms with Crippen molar-refractivity contribution in [2.75, 3.05) is 32.9 Å². The van der Waals surface area contributed by atoms with Crippen LogP contribution in [0.25, 0.3) is 0 Å². The van der Waals surface area contributed by atoms with Crippen molar-refractivity contribution in [3.05, 3.63) is 30.1 Å². The molecule has 0 N–H and O–H groups in total. The number of hydrogen-bond donors (Lipinski definition) is 0. The van der Waals surface area contributed by atoms with Gasteiger partial charge >= 0.3 is 0 Å². The van der Waals surface area contributed by atoms with Gasteiger partial charge < -0.3 is 9.47 Å². The van der Waals surface area contributed by atoms with Crippen molar-refractivity contribution in [2.24, 2.45) is 11.8 Å². The first-order valence-corrected chi connectivity index (χ1v) is 11.4. The monoisotopic (exact) mass is 397 g/mol. The molecule has 1 atom stereocenters. The lowest BCUT2D eigenvalue weighted by Crippen LogP contribution is -2.49. The molecule has 2 saturated heterocycles. The Bertz CT molecular complexity index is 757. The fourth-order valence-electron chi connectivity index (χ4n) is 4.40. The highest BCUT2D eigenvalue weighted by atomic mass is 32.2. The van der Waals surface area contributed by atoms with Gasteiger partial charge in [-0.15, -0.1) is 0 Å². The Morgan fingerprint density at radius 3 is 2.63 bits per heavy atom. The lowest BCUT2D eigenvalue weighted by molar-refractivity contribution is -0.0616. The molecule has 0 amide bonds. The van der Waals surface area contributed by atoms with E-state index >= 15 is 0 Å². The average molecular weight is 398 g/mol. The van der Waals surface area contributed by atoms with Crippen LogP contribution in [0, 0.1) is 17.7 Å². The second-order valence-corrected chi connectivity index (χ2v) is 9.95. The van der Waals surface area contributed by atoms with E-state index in [9.17, 15) is 12.8 Å². The van der Waals surface area contributed by atoms with Crippen LogP contribution in [-0.4, -0.2) is 51.2 Å². The number of rotatable bonds is 7. The van der Waals surface area contributed by atoms with Gasteiger partial charge in [-0.25, -0.2) is 12.8 Å². The zero-order chi connectivity index (χ0) is 18.9. The van der Waals surface area contributed by atoms with Crippen molar-refractivity contribution < 1.29 is 22.3 Å². The summed E-state index contributed by atoms with van der Waals surface area (Å²) < 4.78 is 52.9. The van der Waals surface area contributed by atoms with Crippen LogP contribution in [0.3, 0.4) is 0 Å². The molecule has 0 aromatic heterocycles. The van der Waals surface area contributed by atoms with E-state index in [2.05, 4.69) is 0 Å². The zero-order valence-corrected chi connectivity index (χ0v) is 16.4. The number of halogens is 1. The quantitative estimate of drug-likeness (QED) is 0.663. The number of hydrogen-bond acceptors (Lipinski definition) is 4. The van der Waals surface area contributed by atoms with Crippen LogP contribution in [0.15, 0.2) is 29.2 Å². The minimum absolute atomic E-state index is 0.238. The van der Waals surface area contributed by atoms with Crippen molar-refractivity contribution in [1.82, 2.24) is 4.31 Å². The summed E-state index contributed by atoms with van der Waals surface area (Å²) in [5.41, 5.74) is -0.246. The maximum atomic E-state index is 14.0. The van der Waals surface area contributed by atoms with Gasteiger partial charge in [-0.1, -0.05) is 12.1 Å². The highest BCUT2D eigenvalue weighted by Crippen LogP contribution is 2.43. The fraction of sp³-hybridized carbons (Fsp3) is 0.700. The predicted molar refractivity (Wildman–Crippen MR) is 99.3 cm³/mol. The molecule has 0 bridgehead atoms. The zero-order valence-electron chi connectivity index (χ0n) is 15.6. The molecule has 3 aliphatic rings. The van der Waals surface area contributed by atoms with Crippen molar-refractivity contribution in [3.63, 3.8) is 0 Å². The summed E-state index contributed by atoms with van der Waals surface area (Å²) in [5.74, 6) is 0.487. The molecule has 0 unspecified atom stereocenters. The van der Waals surface area contributed by atoms with Crippen molar-refractivity contribution in [2.45, 2.75) is 49.0 Å². The fourth-order valence-corrected chi connectivity index (χ4v) is 5.91. The molecule has 3 fully saturated rings. The highest BCUT2D eigenvalue weighted by Gasteiger charge is 2.47. The number of nitrogens with zero attached hydrogens (tertiary/aromatic N) is 1. The Morgan fingerprint density at radius 1 is 1.19 bits per heavy atom. The summed E-state index contributed by atoms with van der Waals surface area (Å²) in [6.45, 7) is 3.10. The van der Waals surface area contributed by atoms with Gasteiger partial charge in [0.25, 0.3) is 0 Å².